The van der Waals surface area contributed by atoms with Gasteiger partial charge in [-0.3, -0.25) is 4.79 Å². The number of hydrogen-bond donors (Lipinski definition) is 1. The molecule has 0 heterocycles. The first-order chi connectivity index (χ1) is 7.61. The van der Waals surface area contributed by atoms with E-state index in [0.717, 1.165) is 25.2 Å². The summed E-state index contributed by atoms with van der Waals surface area (Å²) >= 11 is 0. The van der Waals surface area contributed by atoms with Gasteiger partial charge in [-0.05, 0) is 18.8 Å². The Morgan fingerprint density at radius 1 is 1.00 bits per heavy atom. The van der Waals surface area contributed by atoms with Crippen molar-refractivity contribution < 1.29 is 9.90 Å². The maximum Gasteiger partial charge on any atom is 0.306 e. The Kier molecular flexibility index (Phi) is 9.36. The Labute approximate surface area is 100 Å². The van der Waals surface area contributed by atoms with E-state index >= 15 is 0 Å². The van der Waals surface area contributed by atoms with Crippen molar-refractivity contribution in [3.63, 3.8) is 0 Å². The van der Waals surface area contributed by atoms with E-state index in [9.17, 15) is 4.79 Å². The minimum atomic E-state index is -0.623. The van der Waals surface area contributed by atoms with Crippen molar-refractivity contribution >= 4 is 5.97 Å². The normalized spacial score (nSPS) is 14.7. The molecule has 0 aromatic heterocycles. The molecule has 0 aliphatic rings. The minimum Gasteiger partial charge on any atom is -0.481 e. The summed E-state index contributed by atoms with van der Waals surface area (Å²) in [5, 5.41) is 8.88. The van der Waals surface area contributed by atoms with Gasteiger partial charge in [0.2, 0.25) is 0 Å². The molecule has 96 valence electrons. The van der Waals surface area contributed by atoms with Gasteiger partial charge in [-0.25, -0.2) is 0 Å². The van der Waals surface area contributed by atoms with Crippen LogP contribution in [-0.2, 0) is 4.79 Å². The van der Waals surface area contributed by atoms with Crippen molar-refractivity contribution in [3.8, 4) is 0 Å². The van der Waals surface area contributed by atoms with Gasteiger partial charge in [0, 0.05) is 0 Å². The van der Waals surface area contributed by atoms with Crippen LogP contribution in [-0.4, -0.2) is 11.1 Å². The topological polar surface area (TPSA) is 37.3 Å². The van der Waals surface area contributed by atoms with Crippen molar-refractivity contribution in [3.05, 3.63) is 0 Å². The van der Waals surface area contributed by atoms with Crippen LogP contribution in [0, 0.1) is 11.8 Å². The van der Waals surface area contributed by atoms with E-state index in [4.69, 9.17) is 5.11 Å². The predicted octanol–water partition coefficient (Wildman–Crippen LogP) is 4.48. The average Bonchev–Trinajstić information content (AvgIpc) is 2.27. The lowest BCUT2D eigenvalue weighted by molar-refractivity contribution is -0.142. The van der Waals surface area contributed by atoms with Crippen LogP contribution in [0.25, 0.3) is 0 Å². The van der Waals surface area contributed by atoms with Gasteiger partial charge in [0.05, 0.1) is 5.92 Å². The monoisotopic (exact) mass is 228 g/mol. The average molecular weight is 228 g/mol. The van der Waals surface area contributed by atoms with Crippen molar-refractivity contribution in [1.29, 1.82) is 0 Å². The third-order valence-corrected chi connectivity index (χ3v) is 3.54. The van der Waals surface area contributed by atoms with E-state index in [2.05, 4.69) is 13.8 Å². The Balaban J connectivity index is 3.35. The lowest BCUT2D eigenvalue weighted by Gasteiger charge is -2.10. The molecule has 2 nitrogen and oxygen atoms in total. The van der Waals surface area contributed by atoms with Crippen molar-refractivity contribution in [2.75, 3.05) is 0 Å². The molecule has 0 amide bonds. The highest BCUT2D eigenvalue weighted by Gasteiger charge is 2.13. The molecule has 0 fully saturated rings. The third kappa shape index (κ3) is 7.72. The van der Waals surface area contributed by atoms with E-state index < -0.39 is 5.97 Å². The first-order valence-electron chi connectivity index (χ1n) is 6.84. The third-order valence-electron chi connectivity index (χ3n) is 3.54. The summed E-state index contributed by atoms with van der Waals surface area (Å²) in [7, 11) is 0. The summed E-state index contributed by atoms with van der Waals surface area (Å²) in [6.07, 6.45) is 9.06. The Morgan fingerprint density at radius 2 is 1.56 bits per heavy atom. The van der Waals surface area contributed by atoms with Gasteiger partial charge in [0.15, 0.2) is 0 Å². The Morgan fingerprint density at radius 3 is 2.00 bits per heavy atom. The molecule has 2 atom stereocenters. The number of rotatable bonds is 10. The lowest BCUT2D eigenvalue weighted by atomic mass is 9.96. The maximum atomic E-state index is 10.8. The summed E-state index contributed by atoms with van der Waals surface area (Å²) in [4.78, 5) is 10.8. The van der Waals surface area contributed by atoms with Gasteiger partial charge in [-0.15, -0.1) is 0 Å². The maximum absolute atomic E-state index is 10.8. The van der Waals surface area contributed by atoms with E-state index in [-0.39, 0.29) is 5.92 Å². The predicted molar refractivity (Wildman–Crippen MR) is 68.6 cm³/mol. The molecule has 0 spiro atoms. The lowest BCUT2D eigenvalue weighted by Crippen LogP contribution is -2.12. The van der Waals surface area contributed by atoms with Crippen LogP contribution in [0.15, 0.2) is 0 Å². The number of aliphatic carboxylic acids is 1. The fourth-order valence-corrected chi connectivity index (χ4v) is 1.94. The quantitative estimate of drug-likeness (QED) is 0.560. The highest BCUT2D eigenvalue weighted by Crippen LogP contribution is 2.17. The number of unbranched alkanes of at least 4 members (excludes halogenated alkanes) is 3. The van der Waals surface area contributed by atoms with Gasteiger partial charge < -0.3 is 5.11 Å². The van der Waals surface area contributed by atoms with Crippen LogP contribution in [0.3, 0.4) is 0 Å². The van der Waals surface area contributed by atoms with Crippen molar-refractivity contribution in [2.45, 2.75) is 72.1 Å². The molecule has 0 rings (SSSR count). The van der Waals surface area contributed by atoms with E-state index in [1.165, 1.54) is 32.1 Å². The second kappa shape index (κ2) is 9.68. The smallest absolute Gasteiger partial charge is 0.306 e. The molecular formula is C14H28O2. The molecule has 2 heteroatoms. The van der Waals surface area contributed by atoms with Gasteiger partial charge in [-0.1, -0.05) is 59.3 Å². The Bertz CT molecular complexity index is 178. The first kappa shape index (κ1) is 15.5. The van der Waals surface area contributed by atoms with Crippen LogP contribution in [0.2, 0.25) is 0 Å². The fraction of sp³-hybridized carbons (Fsp3) is 0.929. The minimum absolute atomic E-state index is 0.116. The van der Waals surface area contributed by atoms with Crippen LogP contribution in [0.1, 0.15) is 72.1 Å². The number of carbonyl (C=O) groups is 1. The SMILES string of the molecule is CCC(C)CCCCCCC(CC)C(=O)O. The second-order valence-electron chi connectivity index (χ2n) is 4.95. The highest BCUT2D eigenvalue weighted by molar-refractivity contribution is 5.69. The van der Waals surface area contributed by atoms with E-state index in [1.54, 1.807) is 0 Å². The Hall–Kier alpha value is -0.530. The summed E-state index contributed by atoms with van der Waals surface area (Å²) in [5.41, 5.74) is 0. The summed E-state index contributed by atoms with van der Waals surface area (Å²) < 4.78 is 0. The zero-order chi connectivity index (χ0) is 12.4. The first-order valence-corrected chi connectivity index (χ1v) is 6.84. The zero-order valence-electron chi connectivity index (χ0n) is 11.2. The van der Waals surface area contributed by atoms with E-state index in [0.29, 0.717) is 0 Å². The fourth-order valence-electron chi connectivity index (χ4n) is 1.94. The molecule has 16 heavy (non-hydrogen) atoms. The van der Waals surface area contributed by atoms with Crippen LogP contribution in [0.4, 0.5) is 0 Å². The summed E-state index contributed by atoms with van der Waals surface area (Å²) in [5.74, 6) is 0.110. The van der Waals surface area contributed by atoms with E-state index in [1.807, 2.05) is 6.92 Å². The molecule has 0 aromatic carbocycles. The molecule has 0 aliphatic carbocycles. The molecule has 0 radical (unpaired) electrons. The van der Waals surface area contributed by atoms with Gasteiger partial charge >= 0.3 is 5.97 Å². The second-order valence-corrected chi connectivity index (χ2v) is 4.95. The van der Waals surface area contributed by atoms with Crippen LogP contribution in [0.5, 0.6) is 0 Å². The van der Waals surface area contributed by atoms with Crippen molar-refractivity contribution in [2.24, 2.45) is 11.8 Å². The highest BCUT2D eigenvalue weighted by atomic mass is 16.4. The molecule has 1 N–H and O–H groups in total. The molecule has 0 aromatic rings. The number of carboxylic acids is 1. The van der Waals surface area contributed by atoms with Crippen LogP contribution < -0.4 is 0 Å². The van der Waals surface area contributed by atoms with Gasteiger partial charge in [0.1, 0.15) is 0 Å². The molecular weight excluding hydrogens is 200 g/mol. The molecule has 2 unspecified atom stereocenters. The van der Waals surface area contributed by atoms with Crippen molar-refractivity contribution in [1.82, 2.24) is 0 Å². The molecule has 0 saturated heterocycles. The molecule has 0 bridgehead atoms. The summed E-state index contributed by atoms with van der Waals surface area (Å²) in [6.45, 7) is 6.50. The largest absolute Gasteiger partial charge is 0.481 e. The standard InChI is InChI=1S/C14H28O2/c1-4-12(3)10-8-6-7-9-11-13(5-2)14(15)16/h12-13H,4-11H2,1-3H3,(H,15,16). The molecule has 0 aliphatic heterocycles. The zero-order valence-corrected chi connectivity index (χ0v) is 11.2. The van der Waals surface area contributed by atoms with Crippen LogP contribution >= 0.6 is 0 Å². The number of carboxylic acid groups (broad SMARTS) is 1. The number of hydrogen-bond acceptors (Lipinski definition) is 1. The van der Waals surface area contributed by atoms with Gasteiger partial charge in [-0.2, -0.15) is 0 Å². The molecule has 0 saturated carbocycles. The van der Waals surface area contributed by atoms with Gasteiger partial charge in [0.25, 0.3) is 0 Å². The summed E-state index contributed by atoms with van der Waals surface area (Å²) in [6, 6.07) is 0.